The summed E-state index contributed by atoms with van der Waals surface area (Å²) >= 11 is 0. The van der Waals surface area contributed by atoms with Crippen molar-refractivity contribution < 1.29 is 14.7 Å². The molecule has 1 amide bonds. The van der Waals surface area contributed by atoms with Crippen molar-refractivity contribution in [3.8, 4) is 0 Å². The van der Waals surface area contributed by atoms with Crippen LogP contribution in [0, 0.1) is 5.92 Å². The Bertz CT molecular complexity index is 295. The van der Waals surface area contributed by atoms with Gasteiger partial charge in [-0.25, -0.2) is 0 Å². The second-order valence-corrected chi connectivity index (χ2v) is 5.99. The number of rotatable bonds is 10. The molecule has 0 fully saturated rings. The molecule has 0 aliphatic heterocycles. The van der Waals surface area contributed by atoms with Gasteiger partial charge in [0.1, 0.15) is 0 Å². The first-order chi connectivity index (χ1) is 9.25. The highest BCUT2D eigenvalue weighted by molar-refractivity contribution is 5.78. The molecule has 5 heteroatoms. The van der Waals surface area contributed by atoms with Crippen LogP contribution in [0.25, 0.3) is 0 Å². The summed E-state index contributed by atoms with van der Waals surface area (Å²) in [6.07, 6.45) is 1.80. The molecular weight excluding hydrogens is 256 g/mol. The van der Waals surface area contributed by atoms with E-state index in [1.54, 1.807) is 0 Å². The lowest BCUT2D eigenvalue weighted by Gasteiger charge is -2.31. The van der Waals surface area contributed by atoms with Crippen LogP contribution in [-0.4, -0.2) is 47.1 Å². The molecule has 0 aromatic heterocycles. The Kier molecular flexibility index (Phi) is 9.21. The molecule has 0 bridgehead atoms. The van der Waals surface area contributed by atoms with Crippen LogP contribution in [0.3, 0.4) is 0 Å². The van der Waals surface area contributed by atoms with Gasteiger partial charge in [-0.15, -0.1) is 0 Å². The average Bonchev–Trinajstić information content (AvgIpc) is 2.31. The summed E-state index contributed by atoms with van der Waals surface area (Å²) in [5.41, 5.74) is 0. The number of carboxylic acid groups (broad SMARTS) is 1. The van der Waals surface area contributed by atoms with Gasteiger partial charge < -0.3 is 15.3 Å². The molecule has 0 rings (SSSR count). The normalized spacial score (nSPS) is 12.8. The van der Waals surface area contributed by atoms with Crippen LogP contribution in [-0.2, 0) is 9.59 Å². The summed E-state index contributed by atoms with van der Waals surface area (Å²) in [4.78, 5) is 24.4. The lowest BCUT2D eigenvalue weighted by molar-refractivity contribution is -0.137. The molecule has 0 aromatic rings. The van der Waals surface area contributed by atoms with Crippen molar-refractivity contribution in [1.29, 1.82) is 0 Å². The topological polar surface area (TPSA) is 69.6 Å². The minimum atomic E-state index is -0.746. The Hall–Kier alpha value is -1.10. The van der Waals surface area contributed by atoms with E-state index >= 15 is 0 Å². The second-order valence-electron chi connectivity index (χ2n) is 5.99. The van der Waals surface area contributed by atoms with Crippen molar-refractivity contribution in [1.82, 2.24) is 10.2 Å². The molecule has 0 spiro atoms. The van der Waals surface area contributed by atoms with Gasteiger partial charge in [-0.05, 0) is 53.0 Å². The van der Waals surface area contributed by atoms with Crippen LogP contribution in [0.1, 0.15) is 53.9 Å². The maximum absolute atomic E-state index is 12.1. The summed E-state index contributed by atoms with van der Waals surface area (Å²) in [7, 11) is 0. The van der Waals surface area contributed by atoms with E-state index in [1.807, 2.05) is 39.5 Å². The van der Waals surface area contributed by atoms with Gasteiger partial charge in [0.05, 0.1) is 6.54 Å². The predicted octanol–water partition coefficient (Wildman–Crippen LogP) is 2.11. The number of carbonyl (C=O) groups is 2. The molecular formula is C15H30N2O3. The van der Waals surface area contributed by atoms with Crippen LogP contribution < -0.4 is 5.32 Å². The van der Waals surface area contributed by atoms with Crippen molar-refractivity contribution in [2.75, 3.05) is 13.1 Å². The Labute approximate surface area is 122 Å². The molecule has 0 heterocycles. The largest absolute Gasteiger partial charge is 0.481 e. The number of amides is 1. The maximum Gasteiger partial charge on any atom is 0.303 e. The SMILES string of the molecule is CC(CCNCC(=O)N(C(C)C)C(C)C)CCC(=O)O. The van der Waals surface area contributed by atoms with Gasteiger partial charge in [0, 0.05) is 18.5 Å². The Morgan fingerprint density at radius 1 is 1.05 bits per heavy atom. The molecule has 0 saturated carbocycles. The van der Waals surface area contributed by atoms with E-state index in [2.05, 4.69) is 5.32 Å². The molecule has 0 saturated heterocycles. The van der Waals surface area contributed by atoms with Gasteiger partial charge in [-0.1, -0.05) is 6.92 Å². The van der Waals surface area contributed by atoms with Crippen molar-refractivity contribution in [3.63, 3.8) is 0 Å². The standard InChI is InChI=1S/C15H30N2O3/c1-11(2)17(12(3)4)14(18)10-16-9-8-13(5)6-7-15(19)20/h11-13,16H,6-10H2,1-5H3,(H,19,20). The number of nitrogens with zero attached hydrogens (tertiary/aromatic N) is 1. The van der Waals surface area contributed by atoms with Crippen LogP contribution in [0.4, 0.5) is 0 Å². The monoisotopic (exact) mass is 286 g/mol. The zero-order valence-corrected chi connectivity index (χ0v) is 13.5. The van der Waals surface area contributed by atoms with E-state index in [0.717, 1.165) is 13.0 Å². The lowest BCUT2D eigenvalue weighted by Crippen LogP contribution is -2.46. The van der Waals surface area contributed by atoms with Gasteiger partial charge in [-0.3, -0.25) is 9.59 Å². The molecule has 0 aromatic carbocycles. The third-order valence-corrected chi connectivity index (χ3v) is 3.34. The molecule has 118 valence electrons. The van der Waals surface area contributed by atoms with E-state index < -0.39 is 5.97 Å². The third kappa shape index (κ3) is 8.15. The van der Waals surface area contributed by atoms with Crippen molar-refractivity contribution in [2.45, 2.75) is 66.0 Å². The molecule has 2 N–H and O–H groups in total. The van der Waals surface area contributed by atoms with Gasteiger partial charge in [0.25, 0.3) is 0 Å². The second kappa shape index (κ2) is 9.75. The summed E-state index contributed by atoms with van der Waals surface area (Å²) in [5.74, 6) is -0.266. The first-order valence-electron chi connectivity index (χ1n) is 7.49. The van der Waals surface area contributed by atoms with Gasteiger partial charge >= 0.3 is 5.97 Å². The first kappa shape index (κ1) is 18.9. The predicted molar refractivity (Wildman–Crippen MR) is 80.6 cm³/mol. The van der Waals surface area contributed by atoms with E-state index in [-0.39, 0.29) is 24.4 Å². The van der Waals surface area contributed by atoms with Crippen molar-refractivity contribution >= 4 is 11.9 Å². The fraction of sp³-hybridized carbons (Fsp3) is 0.867. The molecule has 5 nitrogen and oxygen atoms in total. The van der Waals surface area contributed by atoms with E-state index in [4.69, 9.17) is 5.11 Å². The first-order valence-corrected chi connectivity index (χ1v) is 7.49. The Morgan fingerprint density at radius 3 is 2.05 bits per heavy atom. The number of carboxylic acids is 1. The summed E-state index contributed by atoms with van der Waals surface area (Å²) in [6, 6.07) is 0.414. The van der Waals surface area contributed by atoms with Crippen LogP contribution in [0.2, 0.25) is 0 Å². The molecule has 1 unspecified atom stereocenters. The number of hydrogen-bond acceptors (Lipinski definition) is 3. The van der Waals surface area contributed by atoms with E-state index in [1.165, 1.54) is 0 Å². The van der Waals surface area contributed by atoms with E-state index in [9.17, 15) is 9.59 Å². The fourth-order valence-corrected chi connectivity index (χ4v) is 2.32. The van der Waals surface area contributed by atoms with Crippen LogP contribution >= 0.6 is 0 Å². The molecule has 1 atom stereocenters. The third-order valence-electron chi connectivity index (χ3n) is 3.34. The Balaban J connectivity index is 3.88. The number of carbonyl (C=O) groups excluding carboxylic acids is 1. The zero-order valence-electron chi connectivity index (χ0n) is 13.5. The minimum absolute atomic E-state index is 0.119. The zero-order chi connectivity index (χ0) is 15.7. The van der Waals surface area contributed by atoms with Crippen LogP contribution in [0.5, 0.6) is 0 Å². The Morgan fingerprint density at radius 2 is 1.60 bits per heavy atom. The minimum Gasteiger partial charge on any atom is -0.481 e. The summed E-state index contributed by atoms with van der Waals surface area (Å²) in [6.45, 7) is 11.2. The molecule has 20 heavy (non-hydrogen) atoms. The summed E-state index contributed by atoms with van der Waals surface area (Å²) in [5, 5.41) is 11.8. The smallest absolute Gasteiger partial charge is 0.303 e. The number of aliphatic carboxylic acids is 1. The lowest BCUT2D eigenvalue weighted by atomic mass is 10.0. The highest BCUT2D eigenvalue weighted by atomic mass is 16.4. The summed E-state index contributed by atoms with van der Waals surface area (Å²) < 4.78 is 0. The van der Waals surface area contributed by atoms with Gasteiger partial charge in [-0.2, -0.15) is 0 Å². The van der Waals surface area contributed by atoms with Gasteiger partial charge in [0.15, 0.2) is 0 Å². The molecule has 0 aliphatic carbocycles. The molecule has 0 aliphatic rings. The number of hydrogen-bond donors (Lipinski definition) is 2. The van der Waals surface area contributed by atoms with Crippen LogP contribution in [0.15, 0.2) is 0 Å². The maximum atomic E-state index is 12.1. The quantitative estimate of drug-likeness (QED) is 0.604. The van der Waals surface area contributed by atoms with Crippen molar-refractivity contribution in [3.05, 3.63) is 0 Å². The fourth-order valence-electron chi connectivity index (χ4n) is 2.32. The highest BCUT2D eigenvalue weighted by Gasteiger charge is 2.19. The van der Waals surface area contributed by atoms with Crippen molar-refractivity contribution in [2.24, 2.45) is 5.92 Å². The highest BCUT2D eigenvalue weighted by Crippen LogP contribution is 2.09. The van der Waals surface area contributed by atoms with E-state index in [0.29, 0.717) is 18.9 Å². The van der Waals surface area contributed by atoms with Gasteiger partial charge in [0.2, 0.25) is 5.91 Å². The molecule has 0 radical (unpaired) electrons. The number of nitrogens with one attached hydrogen (secondary N) is 1. The average molecular weight is 286 g/mol.